The van der Waals surface area contributed by atoms with Crippen molar-refractivity contribution in [1.29, 1.82) is 0 Å². The van der Waals surface area contributed by atoms with Crippen molar-refractivity contribution in [2.45, 2.75) is 0 Å². The normalized spacial score (nSPS) is 11.8. The number of hydrogen-bond donors (Lipinski definition) is 0. The van der Waals surface area contributed by atoms with Crippen molar-refractivity contribution >= 4 is 34.1 Å². The summed E-state index contributed by atoms with van der Waals surface area (Å²) >= 11 is 10.9. The van der Waals surface area contributed by atoms with Crippen molar-refractivity contribution in [3.8, 4) is 0 Å². The van der Waals surface area contributed by atoms with Gasteiger partial charge in [0.15, 0.2) is 0 Å². The van der Waals surface area contributed by atoms with Crippen LogP contribution in [-0.2, 0) is 0 Å². The second kappa shape index (κ2) is 4.43. The first-order valence-electron chi connectivity index (χ1n) is 3.27. The summed E-state index contributed by atoms with van der Waals surface area (Å²) < 4.78 is 12.6. The number of rotatable bonds is 2. The van der Waals surface area contributed by atoms with Gasteiger partial charge in [-0.1, -0.05) is 17.7 Å². The molecule has 0 unspecified atom stereocenters. The van der Waals surface area contributed by atoms with E-state index in [9.17, 15) is 4.39 Å². The molecule has 0 aromatic heterocycles. The van der Waals surface area contributed by atoms with Crippen molar-refractivity contribution in [2.75, 3.05) is 5.88 Å². The van der Waals surface area contributed by atoms with Gasteiger partial charge in [-0.05, 0) is 18.2 Å². The van der Waals surface area contributed by atoms with Crippen molar-refractivity contribution in [3.63, 3.8) is 0 Å². The zero-order valence-corrected chi connectivity index (χ0v) is 7.61. The highest BCUT2D eigenvalue weighted by Crippen LogP contribution is 2.14. The molecule has 1 aromatic carbocycles. The lowest BCUT2D eigenvalue weighted by Gasteiger charge is -1.93. The maximum absolute atomic E-state index is 12.6. The molecule has 1 rings (SSSR count). The molecule has 0 bridgehead atoms. The lowest BCUT2D eigenvalue weighted by molar-refractivity contribution is 0.628. The molecule has 64 valence electrons. The Morgan fingerprint density at radius 2 is 2.25 bits per heavy atom. The molecule has 4 heteroatoms. The van der Waals surface area contributed by atoms with Crippen LogP contribution in [0.2, 0.25) is 0 Å². The Kier molecular flexibility index (Phi) is 3.50. The second-order valence-corrected chi connectivity index (χ2v) is 2.81. The Labute approximate surface area is 79.8 Å². The van der Waals surface area contributed by atoms with E-state index < -0.39 is 0 Å². The van der Waals surface area contributed by atoms with Gasteiger partial charge in [0.05, 0.1) is 11.6 Å². The fraction of sp³-hybridized carbons (Fsp3) is 0.125. The minimum atomic E-state index is -0.338. The highest BCUT2D eigenvalue weighted by atomic mass is 35.5. The average molecular weight is 206 g/mol. The number of nitrogens with zero attached hydrogens (tertiary/aromatic N) is 1. The van der Waals surface area contributed by atoms with Crippen molar-refractivity contribution in [1.82, 2.24) is 0 Å². The number of hydrogen-bond acceptors (Lipinski definition) is 1. The summed E-state index contributed by atoms with van der Waals surface area (Å²) in [5.41, 5.74) is 0.473. The molecule has 0 fully saturated rings. The largest absolute Gasteiger partial charge is 0.240 e. The van der Waals surface area contributed by atoms with E-state index in [1.807, 2.05) is 0 Å². The molecule has 0 heterocycles. The molecule has 1 nitrogen and oxygen atoms in total. The van der Waals surface area contributed by atoms with E-state index in [2.05, 4.69) is 4.99 Å². The Bertz CT molecular complexity index is 299. The number of alkyl halides is 1. The minimum absolute atomic E-state index is 0.137. The third kappa shape index (κ3) is 2.80. The molecular formula is C8H6Cl2FN. The molecule has 12 heavy (non-hydrogen) atoms. The van der Waals surface area contributed by atoms with E-state index in [0.29, 0.717) is 5.69 Å². The smallest absolute Gasteiger partial charge is 0.125 e. The number of halogens is 3. The van der Waals surface area contributed by atoms with E-state index in [1.165, 1.54) is 12.1 Å². The summed E-state index contributed by atoms with van der Waals surface area (Å²) in [6.45, 7) is 0. The molecule has 0 aliphatic rings. The molecule has 0 N–H and O–H groups in total. The summed E-state index contributed by atoms with van der Waals surface area (Å²) in [7, 11) is 0. The summed E-state index contributed by atoms with van der Waals surface area (Å²) in [4.78, 5) is 3.85. The summed E-state index contributed by atoms with van der Waals surface area (Å²) in [5, 5.41) is 0.252. The SMILES string of the molecule is Fc1cccc(N=C(Cl)CCl)c1. The Balaban J connectivity index is 2.89. The topological polar surface area (TPSA) is 12.4 Å². The number of aliphatic imine (C=N–C) groups is 1. The van der Waals surface area contributed by atoms with Gasteiger partial charge in [-0.2, -0.15) is 0 Å². The van der Waals surface area contributed by atoms with Crippen LogP contribution in [0.3, 0.4) is 0 Å². The summed E-state index contributed by atoms with van der Waals surface area (Å²) in [6.07, 6.45) is 0. The molecule has 0 amide bonds. The first kappa shape index (κ1) is 9.49. The minimum Gasteiger partial charge on any atom is -0.240 e. The molecule has 0 aliphatic carbocycles. The predicted molar refractivity (Wildman–Crippen MR) is 50.1 cm³/mol. The lowest BCUT2D eigenvalue weighted by Crippen LogP contribution is -1.85. The highest BCUT2D eigenvalue weighted by Gasteiger charge is 1.94. The van der Waals surface area contributed by atoms with Gasteiger partial charge in [0.2, 0.25) is 0 Å². The molecule has 0 radical (unpaired) electrons. The van der Waals surface area contributed by atoms with E-state index in [1.54, 1.807) is 12.1 Å². The maximum atomic E-state index is 12.6. The first-order valence-corrected chi connectivity index (χ1v) is 4.18. The van der Waals surface area contributed by atoms with Gasteiger partial charge in [0.25, 0.3) is 0 Å². The standard InChI is InChI=1S/C8H6Cl2FN/c9-5-8(10)12-7-3-1-2-6(11)4-7/h1-4H,5H2. The van der Waals surface area contributed by atoms with E-state index in [4.69, 9.17) is 23.2 Å². The van der Waals surface area contributed by atoms with Crippen LogP contribution in [0, 0.1) is 5.82 Å². The van der Waals surface area contributed by atoms with Gasteiger partial charge < -0.3 is 0 Å². The van der Waals surface area contributed by atoms with E-state index in [-0.39, 0.29) is 16.9 Å². The third-order valence-corrected chi connectivity index (χ3v) is 1.78. The van der Waals surface area contributed by atoms with Gasteiger partial charge in [-0.3, -0.25) is 0 Å². The van der Waals surface area contributed by atoms with Crippen LogP contribution in [0.1, 0.15) is 0 Å². The van der Waals surface area contributed by atoms with Crippen LogP contribution >= 0.6 is 23.2 Å². The fourth-order valence-electron chi connectivity index (χ4n) is 0.716. The van der Waals surface area contributed by atoms with Crippen molar-refractivity contribution in [2.24, 2.45) is 4.99 Å². The quantitative estimate of drug-likeness (QED) is 0.519. The first-order chi connectivity index (χ1) is 5.72. The molecule has 1 aromatic rings. The zero-order chi connectivity index (χ0) is 8.97. The van der Waals surface area contributed by atoms with Crippen LogP contribution in [0.25, 0.3) is 0 Å². The van der Waals surface area contributed by atoms with E-state index in [0.717, 1.165) is 0 Å². The van der Waals surface area contributed by atoms with Crippen LogP contribution in [0.15, 0.2) is 29.3 Å². The predicted octanol–water partition coefficient (Wildman–Crippen LogP) is 3.33. The monoisotopic (exact) mass is 205 g/mol. The molecule has 0 spiro atoms. The van der Waals surface area contributed by atoms with Gasteiger partial charge >= 0.3 is 0 Å². The molecule has 0 saturated heterocycles. The molecule has 0 aliphatic heterocycles. The molecule has 0 saturated carbocycles. The number of benzene rings is 1. The lowest BCUT2D eigenvalue weighted by atomic mass is 10.3. The van der Waals surface area contributed by atoms with Gasteiger partial charge in [-0.25, -0.2) is 9.38 Å². The summed E-state index contributed by atoms with van der Waals surface area (Å²) in [5.74, 6) is -0.201. The van der Waals surface area contributed by atoms with Crippen LogP contribution < -0.4 is 0 Å². The van der Waals surface area contributed by atoms with Gasteiger partial charge in [0, 0.05) is 0 Å². The Hall–Kier alpha value is -0.600. The van der Waals surface area contributed by atoms with Crippen molar-refractivity contribution in [3.05, 3.63) is 30.1 Å². The Morgan fingerprint density at radius 3 is 2.83 bits per heavy atom. The maximum Gasteiger partial charge on any atom is 0.125 e. The van der Waals surface area contributed by atoms with Crippen LogP contribution in [0.5, 0.6) is 0 Å². The van der Waals surface area contributed by atoms with Crippen LogP contribution in [0.4, 0.5) is 10.1 Å². The average Bonchev–Trinajstić information content (AvgIpc) is 2.04. The summed E-state index contributed by atoms with van der Waals surface area (Å²) in [6, 6.07) is 5.84. The highest BCUT2D eigenvalue weighted by molar-refractivity contribution is 6.69. The molecular weight excluding hydrogens is 200 g/mol. The molecule has 0 atom stereocenters. The second-order valence-electron chi connectivity index (χ2n) is 2.10. The fourth-order valence-corrected chi connectivity index (χ4v) is 0.873. The van der Waals surface area contributed by atoms with E-state index >= 15 is 0 Å². The van der Waals surface area contributed by atoms with Gasteiger partial charge in [0.1, 0.15) is 11.0 Å². The van der Waals surface area contributed by atoms with Crippen LogP contribution in [-0.4, -0.2) is 11.1 Å². The Morgan fingerprint density at radius 1 is 1.50 bits per heavy atom. The van der Waals surface area contributed by atoms with Gasteiger partial charge in [-0.15, -0.1) is 11.6 Å². The third-order valence-electron chi connectivity index (χ3n) is 1.17. The van der Waals surface area contributed by atoms with Crippen molar-refractivity contribution < 1.29 is 4.39 Å². The zero-order valence-electron chi connectivity index (χ0n) is 6.10.